The molecule has 0 unspecified atom stereocenters. The van der Waals surface area contributed by atoms with Crippen molar-refractivity contribution in [1.82, 2.24) is 4.90 Å². The first-order valence-corrected chi connectivity index (χ1v) is 7.50. The molecular weight excluding hydrogens is 266 g/mol. The Morgan fingerprint density at radius 2 is 2.14 bits per heavy atom. The number of benzene rings is 1. The summed E-state index contributed by atoms with van der Waals surface area (Å²) >= 11 is 0. The molecule has 0 atom stereocenters. The summed E-state index contributed by atoms with van der Waals surface area (Å²) in [7, 11) is 3.55. The van der Waals surface area contributed by atoms with Crippen LogP contribution in [-0.2, 0) is 4.74 Å². The highest BCUT2D eigenvalue weighted by Gasteiger charge is 2.16. The molecule has 1 saturated heterocycles. The van der Waals surface area contributed by atoms with Crippen LogP contribution < -0.4 is 11.1 Å². The van der Waals surface area contributed by atoms with E-state index in [-0.39, 0.29) is 5.97 Å². The second-order valence-electron chi connectivity index (χ2n) is 5.76. The summed E-state index contributed by atoms with van der Waals surface area (Å²) in [4.78, 5) is 13.9. The maximum atomic E-state index is 11.5. The van der Waals surface area contributed by atoms with E-state index in [1.807, 2.05) is 0 Å². The average Bonchev–Trinajstić information content (AvgIpc) is 2.50. The van der Waals surface area contributed by atoms with E-state index in [4.69, 9.17) is 10.5 Å². The van der Waals surface area contributed by atoms with E-state index in [2.05, 4.69) is 17.3 Å². The van der Waals surface area contributed by atoms with Crippen LogP contribution in [-0.4, -0.2) is 44.7 Å². The van der Waals surface area contributed by atoms with Gasteiger partial charge in [0.05, 0.1) is 24.0 Å². The molecule has 1 aliphatic rings. The number of nitrogens with zero attached hydrogens (tertiary/aromatic N) is 1. The van der Waals surface area contributed by atoms with Crippen molar-refractivity contribution >= 4 is 17.3 Å². The maximum Gasteiger partial charge on any atom is 0.337 e. The Kier molecular flexibility index (Phi) is 5.44. The van der Waals surface area contributed by atoms with Gasteiger partial charge in [-0.15, -0.1) is 0 Å². The molecule has 1 heterocycles. The standard InChI is InChI=1S/C16H25N3O2/c1-19-9-6-12(7-10-19)5-8-18-15-11-13(16(20)21-2)3-4-14(15)17/h3-4,11-12,18H,5-10,17H2,1-2H3. The summed E-state index contributed by atoms with van der Waals surface area (Å²) in [5, 5.41) is 3.34. The number of nitrogen functional groups attached to an aromatic ring is 1. The lowest BCUT2D eigenvalue weighted by atomic mass is 9.94. The molecule has 0 aromatic heterocycles. The van der Waals surface area contributed by atoms with Crippen LogP contribution in [0.4, 0.5) is 11.4 Å². The number of anilines is 2. The smallest absolute Gasteiger partial charge is 0.337 e. The molecule has 0 saturated carbocycles. The molecular formula is C16H25N3O2. The van der Waals surface area contributed by atoms with Gasteiger partial charge in [-0.2, -0.15) is 0 Å². The number of carbonyl (C=O) groups is 1. The third-order valence-corrected chi connectivity index (χ3v) is 4.18. The van der Waals surface area contributed by atoms with E-state index in [9.17, 15) is 4.79 Å². The van der Waals surface area contributed by atoms with E-state index < -0.39 is 0 Å². The lowest BCUT2D eigenvalue weighted by Gasteiger charge is -2.29. The van der Waals surface area contributed by atoms with Crippen LogP contribution in [0.2, 0.25) is 0 Å². The molecule has 3 N–H and O–H groups in total. The number of likely N-dealkylation sites (tertiary alicyclic amines) is 1. The molecule has 0 radical (unpaired) electrons. The fourth-order valence-electron chi connectivity index (χ4n) is 2.72. The molecule has 1 aliphatic heterocycles. The molecule has 1 fully saturated rings. The number of carbonyl (C=O) groups excluding carboxylic acids is 1. The summed E-state index contributed by atoms with van der Waals surface area (Å²) in [6.45, 7) is 3.25. The van der Waals surface area contributed by atoms with Crippen molar-refractivity contribution < 1.29 is 9.53 Å². The number of nitrogens with two attached hydrogens (primary N) is 1. The number of piperidine rings is 1. The van der Waals surface area contributed by atoms with Gasteiger partial charge in [0.15, 0.2) is 0 Å². The van der Waals surface area contributed by atoms with Crippen molar-refractivity contribution in [3.63, 3.8) is 0 Å². The molecule has 5 nitrogen and oxygen atoms in total. The number of hydrogen-bond acceptors (Lipinski definition) is 5. The number of methoxy groups -OCH3 is 1. The van der Waals surface area contributed by atoms with Crippen LogP contribution in [0.15, 0.2) is 18.2 Å². The van der Waals surface area contributed by atoms with E-state index in [0.29, 0.717) is 11.3 Å². The molecule has 5 heteroatoms. The van der Waals surface area contributed by atoms with Gasteiger partial charge in [-0.25, -0.2) is 4.79 Å². The quantitative estimate of drug-likeness (QED) is 0.643. The Labute approximate surface area is 126 Å². The van der Waals surface area contributed by atoms with Gasteiger partial charge in [0.25, 0.3) is 0 Å². The third kappa shape index (κ3) is 4.36. The lowest BCUT2D eigenvalue weighted by molar-refractivity contribution is 0.0601. The summed E-state index contributed by atoms with van der Waals surface area (Å²) in [6, 6.07) is 5.18. The summed E-state index contributed by atoms with van der Waals surface area (Å²) in [5.74, 6) is 0.437. The minimum atomic E-state index is -0.339. The first-order valence-electron chi connectivity index (χ1n) is 7.50. The third-order valence-electron chi connectivity index (χ3n) is 4.18. The van der Waals surface area contributed by atoms with Crippen molar-refractivity contribution in [2.45, 2.75) is 19.3 Å². The number of ether oxygens (including phenoxy) is 1. The number of hydrogen-bond donors (Lipinski definition) is 2. The summed E-state index contributed by atoms with van der Waals surface area (Å²) in [6.07, 6.45) is 3.65. The normalized spacial score (nSPS) is 16.7. The molecule has 0 spiro atoms. The molecule has 0 bridgehead atoms. The topological polar surface area (TPSA) is 67.6 Å². The number of rotatable bonds is 5. The van der Waals surface area contributed by atoms with Crippen molar-refractivity contribution in [2.24, 2.45) is 5.92 Å². The van der Waals surface area contributed by atoms with Gasteiger partial charge in [-0.05, 0) is 63.5 Å². The minimum Gasteiger partial charge on any atom is -0.465 e. The van der Waals surface area contributed by atoms with E-state index in [1.54, 1.807) is 18.2 Å². The van der Waals surface area contributed by atoms with Gasteiger partial charge in [-0.3, -0.25) is 0 Å². The molecule has 21 heavy (non-hydrogen) atoms. The Morgan fingerprint density at radius 3 is 2.81 bits per heavy atom. The second-order valence-corrected chi connectivity index (χ2v) is 5.76. The predicted octanol–water partition coefficient (Wildman–Crippen LogP) is 2.20. The van der Waals surface area contributed by atoms with Gasteiger partial charge in [0, 0.05) is 6.54 Å². The van der Waals surface area contributed by atoms with Gasteiger partial charge in [0.2, 0.25) is 0 Å². The van der Waals surface area contributed by atoms with Gasteiger partial charge < -0.3 is 20.7 Å². The zero-order chi connectivity index (χ0) is 15.2. The molecule has 116 valence electrons. The van der Waals surface area contributed by atoms with Crippen LogP contribution in [0.1, 0.15) is 29.6 Å². The highest BCUT2D eigenvalue weighted by atomic mass is 16.5. The highest BCUT2D eigenvalue weighted by Crippen LogP contribution is 2.23. The van der Waals surface area contributed by atoms with Gasteiger partial charge in [-0.1, -0.05) is 0 Å². The molecule has 1 aromatic carbocycles. The van der Waals surface area contributed by atoms with Crippen LogP contribution >= 0.6 is 0 Å². The van der Waals surface area contributed by atoms with Crippen molar-refractivity contribution in [1.29, 1.82) is 0 Å². The van der Waals surface area contributed by atoms with Crippen molar-refractivity contribution in [3.8, 4) is 0 Å². The predicted molar refractivity (Wildman–Crippen MR) is 85.5 cm³/mol. The summed E-state index contributed by atoms with van der Waals surface area (Å²) in [5.41, 5.74) is 7.94. The van der Waals surface area contributed by atoms with Gasteiger partial charge >= 0.3 is 5.97 Å². The average molecular weight is 291 g/mol. The summed E-state index contributed by atoms with van der Waals surface area (Å²) < 4.78 is 4.73. The maximum absolute atomic E-state index is 11.5. The highest BCUT2D eigenvalue weighted by molar-refractivity contribution is 5.91. The van der Waals surface area contributed by atoms with E-state index in [1.165, 1.54) is 33.0 Å². The Morgan fingerprint density at radius 1 is 1.43 bits per heavy atom. The molecule has 2 rings (SSSR count). The van der Waals surface area contributed by atoms with Crippen molar-refractivity contribution in [2.75, 3.05) is 44.8 Å². The van der Waals surface area contributed by atoms with Crippen molar-refractivity contribution in [3.05, 3.63) is 23.8 Å². The van der Waals surface area contributed by atoms with E-state index in [0.717, 1.165) is 24.6 Å². The number of esters is 1. The fraction of sp³-hybridized carbons (Fsp3) is 0.562. The van der Waals surface area contributed by atoms with E-state index >= 15 is 0 Å². The van der Waals surface area contributed by atoms with Crippen LogP contribution in [0.5, 0.6) is 0 Å². The number of nitrogens with one attached hydrogen (secondary N) is 1. The first kappa shape index (κ1) is 15.6. The largest absolute Gasteiger partial charge is 0.465 e. The Hall–Kier alpha value is -1.75. The fourth-order valence-corrected chi connectivity index (χ4v) is 2.72. The van der Waals surface area contributed by atoms with Crippen LogP contribution in [0, 0.1) is 5.92 Å². The second kappa shape index (κ2) is 7.31. The molecule has 0 amide bonds. The zero-order valence-corrected chi connectivity index (χ0v) is 12.9. The molecule has 0 aliphatic carbocycles. The monoisotopic (exact) mass is 291 g/mol. The zero-order valence-electron chi connectivity index (χ0n) is 12.9. The Bertz CT molecular complexity index is 482. The minimum absolute atomic E-state index is 0.339. The van der Waals surface area contributed by atoms with Crippen LogP contribution in [0.25, 0.3) is 0 Å². The SMILES string of the molecule is COC(=O)c1ccc(N)c(NCCC2CCN(C)CC2)c1. The lowest BCUT2D eigenvalue weighted by Crippen LogP contribution is -2.30. The molecule has 1 aromatic rings. The Balaban J connectivity index is 1.86. The van der Waals surface area contributed by atoms with Gasteiger partial charge in [0.1, 0.15) is 0 Å². The van der Waals surface area contributed by atoms with Crippen LogP contribution in [0.3, 0.4) is 0 Å². The first-order chi connectivity index (χ1) is 10.1.